The molecule has 0 radical (unpaired) electrons. The number of hydrogen-bond donors (Lipinski definition) is 1. The van der Waals surface area contributed by atoms with Crippen molar-refractivity contribution in [3.8, 4) is 0 Å². The van der Waals surface area contributed by atoms with Crippen LogP contribution in [-0.2, 0) is 13.1 Å². The molecule has 1 aliphatic heterocycles. The zero-order valence-electron chi connectivity index (χ0n) is 10.9. The van der Waals surface area contributed by atoms with E-state index in [0.29, 0.717) is 6.04 Å². The summed E-state index contributed by atoms with van der Waals surface area (Å²) in [7, 11) is 0. The Morgan fingerprint density at radius 1 is 1.41 bits per heavy atom. The van der Waals surface area contributed by atoms with Gasteiger partial charge in [0, 0.05) is 25.7 Å². The summed E-state index contributed by atoms with van der Waals surface area (Å²) in [4.78, 5) is 2.47. The SMILES string of the molecule is CCCNC(CC)CN1CCn2cnnc2C1. The van der Waals surface area contributed by atoms with E-state index in [1.54, 1.807) is 0 Å². The Kier molecular flexibility index (Phi) is 4.50. The van der Waals surface area contributed by atoms with E-state index >= 15 is 0 Å². The first-order chi connectivity index (χ1) is 8.33. The molecule has 96 valence electrons. The maximum Gasteiger partial charge on any atom is 0.147 e. The van der Waals surface area contributed by atoms with Gasteiger partial charge in [0.15, 0.2) is 0 Å². The molecule has 0 aromatic carbocycles. The van der Waals surface area contributed by atoms with Crippen LogP contribution in [-0.4, -0.2) is 45.3 Å². The van der Waals surface area contributed by atoms with E-state index in [9.17, 15) is 0 Å². The molecule has 2 rings (SSSR count). The predicted molar refractivity (Wildman–Crippen MR) is 67.7 cm³/mol. The highest BCUT2D eigenvalue weighted by Gasteiger charge is 2.19. The average Bonchev–Trinajstić information content (AvgIpc) is 2.81. The third-order valence-corrected chi connectivity index (χ3v) is 3.37. The van der Waals surface area contributed by atoms with Crippen molar-refractivity contribution in [3.05, 3.63) is 12.2 Å². The van der Waals surface area contributed by atoms with Gasteiger partial charge in [0.1, 0.15) is 12.2 Å². The van der Waals surface area contributed by atoms with Gasteiger partial charge in [-0.15, -0.1) is 10.2 Å². The minimum Gasteiger partial charge on any atom is -0.315 e. The lowest BCUT2D eigenvalue weighted by Crippen LogP contribution is -2.44. The van der Waals surface area contributed by atoms with E-state index in [1.807, 2.05) is 6.33 Å². The van der Waals surface area contributed by atoms with Gasteiger partial charge < -0.3 is 9.88 Å². The fourth-order valence-electron chi connectivity index (χ4n) is 2.27. The molecule has 0 spiro atoms. The topological polar surface area (TPSA) is 46.0 Å². The highest BCUT2D eigenvalue weighted by molar-refractivity contribution is 4.90. The van der Waals surface area contributed by atoms with Gasteiger partial charge >= 0.3 is 0 Å². The van der Waals surface area contributed by atoms with Gasteiger partial charge in [-0.05, 0) is 19.4 Å². The van der Waals surface area contributed by atoms with Gasteiger partial charge in [0.05, 0.1) is 6.54 Å². The summed E-state index contributed by atoms with van der Waals surface area (Å²) in [5, 5.41) is 11.7. The normalized spacial score (nSPS) is 18.0. The van der Waals surface area contributed by atoms with Gasteiger partial charge in [-0.25, -0.2) is 0 Å². The van der Waals surface area contributed by atoms with Crippen LogP contribution in [0.3, 0.4) is 0 Å². The van der Waals surface area contributed by atoms with Gasteiger partial charge in [-0.2, -0.15) is 0 Å². The zero-order chi connectivity index (χ0) is 12.1. The number of aromatic nitrogens is 3. The first-order valence-corrected chi connectivity index (χ1v) is 6.66. The number of hydrogen-bond acceptors (Lipinski definition) is 4. The van der Waals surface area contributed by atoms with Crippen molar-refractivity contribution in [1.29, 1.82) is 0 Å². The predicted octanol–water partition coefficient (Wildman–Crippen LogP) is 0.872. The fraction of sp³-hybridized carbons (Fsp3) is 0.833. The Labute approximate surface area is 103 Å². The summed E-state index contributed by atoms with van der Waals surface area (Å²) in [6.07, 6.45) is 4.22. The van der Waals surface area contributed by atoms with Crippen LogP contribution in [0.4, 0.5) is 0 Å². The van der Waals surface area contributed by atoms with Crippen molar-refractivity contribution in [3.63, 3.8) is 0 Å². The third-order valence-electron chi connectivity index (χ3n) is 3.37. The molecule has 17 heavy (non-hydrogen) atoms. The largest absolute Gasteiger partial charge is 0.315 e. The van der Waals surface area contributed by atoms with Crippen molar-refractivity contribution in [2.75, 3.05) is 19.6 Å². The molecule has 1 aliphatic rings. The summed E-state index contributed by atoms with van der Waals surface area (Å²) in [6, 6.07) is 0.601. The molecule has 1 N–H and O–H groups in total. The Morgan fingerprint density at radius 3 is 3.06 bits per heavy atom. The van der Waals surface area contributed by atoms with Crippen molar-refractivity contribution >= 4 is 0 Å². The molecule has 0 bridgehead atoms. The fourth-order valence-corrected chi connectivity index (χ4v) is 2.27. The molecule has 0 amide bonds. The molecule has 0 saturated carbocycles. The summed E-state index contributed by atoms with van der Waals surface area (Å²) in [5.74, 6) is 1.10. The second-order valence-electron chi connectivity index (χ2n) is 4.73. The summed E-state index contributed by atoms with van der Waals surface area (Å²) < 4.78 is 2.15. The number of nitrogens with one attached hydrogen (secondary N) is 1. The zero-order valence-corrected chi connectivity index (χ0v) is 10.9. The molecule has 1 aromatic rings. The van der Waals surface area contributed by atoms with Crippen LogP contribution in [0.15, 0.2) is 6.33 Å². The molecular formula is C12H23N5. The smallest absolute Gasteiger partial charge is 0.147 e. The Balaban J connectivity index is 1.83. The monoisotopic (exact) mass is 237 g/mol. The van der Waals surface area contributed by atoms with Crippen molar-refractivity contribution in [1.82, 2.24) is 25.0 Å². The summed E-state index contributed by atoms with van der Waals surface area (Å²) in [5.41, 5.74) is 0. The second-order valence-corrected chi connectivity index (χ2v) is 4.73. The minimum absolute atomic E-state index is 0.601. The number of rotatable bonds is 6. The van der Waals surface area contributed by atoms with Crippen LogP contribution < -0.4 is 5.32 Å². The van der Waals surface area contributed by atoms with Crippen LogP contribution in [0, 0.1) is 0 Å². The van der Waals surface area contributed by atoms with Crippen LogP contribution in [0.5, 0.6) is 0 Å². The van der Waals surface area contributed by atoms with Crippen LogP contribution >= 0.6 is 0 Å². The maximum atomic E-state index is 4.15. The van der Waals surface area contributed by atoms with Crippen molar-refractivity contribution in [2.24, 2.45) is 0 Å². The van der Waals surface area contributed by atoms with E-state index in [-0.39, 0.29) is 0 Å². The van der Waals surface area contributed by atoms with Crippen molar-refractivity contribution < 1.29 is 0 Å². The van der Waals surface area contributed by atoms with Gasteiger partial charge in [-0.1, -0.05) is 13.8 Å². The average molecular weight is 237 g/mol. The quantitative estimate of drug-likeness (QED) is 0.797. The van der Waals surface area contributed by atoms with Gasteiger partial charge in [-0.3, -0.25) is 4.90 Å². The van der Waals surface area contributed by atoms with E-state index in [4.69, 9.17) is 0 Å². The van der Waals surface area contributed by atoms with E-state index in [2.05, 4.69) is 38.8 Å². The lowest BCUT2D eigenvalue weighted by molar-refractivity contribution is 0.192. The second kappa shape index (κ2) is 6.12. The molecule has 1 atom stereocenters. The van der Waals surface area contributed by atoms with Gasteiger partial charge in [0.2, 0.25) is 0 Å². The molecule has 2 heterocycles. The number of nitrogens with zero attached hydrogens (tertiary/aromatic N) is 4. The first-order valence-electron chi connectivity index (χ1n) is 6.66. The molecule has 0 aliphatic carbocycles. The van der Waals surface area contributed by atoms with Crippen LogP contribution in [0.25, 0.3) is 0 Å². The number of fused-ring (bicyclic) bond motifs is 1. The highest BCUT2D eigenvalue weighted by atomic mass is 15.3. The van der Waals surface area contributed by atoms with Crippen LogP contribution in [0.1, 0.15) is 32.5 Å². The lowest BCUT2D eigenvalue weighted by Gasteiger charge is -2.30. The molecule has 0 saturated heterocycles. The van der Waals surface area contributed by atoms with E-state index in [0.717, 1.165) is 38.5 Å². The molecular weight excluding hydrogens is 214 g/mol. The van der Waals surface area contributed by atoms with E-state index < -0.39 is 0 Å². The first kappa shape index (κ1) is 12.5. The molecule has 5 heteroatoms. The van der Waals surface area contributed by atoms with Crippen molar-refractivity contribution in [2.45, 2.75) is 45.8 Å². The van der Waals surface area contributed by atoms with Crippen LogP contribution in [0.2, 0.25) is 0 Å². The lowest BCUT2D eigenvalue weighted by atomic mass is 10.2. The Bertz CT molecular complexity index is 335. The van der Waals surface area contributed by atoms with Gasteiger partial charge in [0.25, 0.3) is 0 Å². The molecule has 1 unspecified atom stereocenters. The summed E-state index contributed by atoms with van der Waals surface area (Å²) >= 11 is 0. The Morgan fingerprint density at radius 2 is 2.29 bits per heavy atom. The molecule has 1 aromatic heterocycles. The molecule has 5 nitrogen and oxygen atoms in total. The molecule has 0 fully saturated rings. The Hall–Kier alpha value is -0.940. The maximum absolute atomic E-state index is 4.15. The summed E-state index contributed by atoms with van der Waals surface area (Å²) in [6.45, 7) is 9.75. The standard InChI is InChI=1S/C12H23N5/c1-3-5-13-11(4-2)8-16-6-7-17-10-14-15-12(17)9-16/h10-11,13H,3-9H2,1-2H3. The minimum atomic E-state index is 0.601. The van der Waals surface area contributed by atoms with E-state index in [1.165, 1.54) is 12.8 Å². The third kappa shape index (κ3) is 3.26. The highest BCUT2D eigenvalue weighted by Crippen LogP contribution is 2.10.